The molecule has 102 valence electrons. The molecule has 0 spiro atoms. The molecular formula is C12H11N5OS2. The van der Waals surface area contributed by atoms with Crippen molar-refractivity contribution in [1.82, 2.24) is 20.2 Å². The largest absolute Gasteiger partial charge is 0.333 e. The monoisotopic (exact) mass is 305 g/mol. The summed E-state index contributed by atoms with van der Waals surface area (Å²) < 4.78 is 0. The molecule has 3 rings (SSSR count). The third kappa shape index (κ3) is 2.97. The maximum Gasteiger partial charge on any atom is 0.236 e. The number of para-hydroxylation sites is 2. The number of H-pyrrole nitrogens is 1. The molecule has 0 aliphatic rings. The highest BCUT2D eigenvalue weighted by atomic mass is 32.2. The molecule has 20 heavy (non-hydrogen) atoms. The number of nitrogens with zero attached hydrogens (tertiary/aromatic N) is 3. The zero-order valence-corrected chi connectivity index (χ0v) is 12.2. The fourth-order valence-electron chi connectivity index (χ4n) is 1.63. The highest BCUT2D eigenvalue weighted by molar-refractivity contribution is 7.99. The van der Waals surface area contributed by atoms with Gasteiger partial charge in [-0.1, -0.05) is 35.2 Å². The van der Waals surface area contributed by atoms with E-state index in [4.69, 9.17) is 0 Å². The number of anilines is 1. The molecule has 0 saturated carbocycles. The molecule has 2 N–H and O–H groups in total. The van der Waals surface area contributed by atoms with Crippen LogP contribution in [0, 0.1) is 6.92 Å². The predicted octanol–water partition coefficient (Wildman–Crippen LogP) is 2.45. The zero-order chi connectivity index (χ0) is 13.9. The highest BCUT2D eigenvalue weighted by Gasteiger charge is 2.09. The van der Waals surface area contributed by atoms with E-state index in [0.717, 1.165) is 21.2 Å². The summed E-state index contributed by atoms with van der Waals surface area (Å²) in [7, 11) is 0. The Labute approximate surface area is 123 Å². The Bertz CT molecular complexity index is 718. The van der Waals surface area contributed by atoms with Crippen molar-refractivity contribution in [3.63, 3.8) is 0 Å². The molecule has 2 heterocycles. The molecule has 8 heteroatoms. The Kier molecular flexibility index (Phi) is 3.66. The van der Waals surface area contributed by atoms with Gasteiger partial charge in [-0.2, -0.15) is 0 Å². The summed E-state index contributed by atoms with van der Waals surface area (Å²) in [6, 6.07) is 7.76. The maximum absolute atomic E-state index is 11.8. The Morgan fingerprint density at radius 2 is 2.25 bits per heavy atom. The van der Waals surface area contributed by atoms with Crippen LogP contribution in [0.1, 0.15) is 5.01 Å². The lowest BCUT2D eigenvalue weighted by molar-refractivity contribution is -0.113. The van der Waals surface area contributed by atoms with Crippen molar-refractivity contribution < 1.29 is 4.79 Å². The van der Waals surface area contributed by atoms with Crippen molar-refractivity contribution in [3.8, 4) is 0 Å². The number of imidazole rings is 1. The van der Waals surface area contributed by atoms with Gasteiger partial charge in [0.25, 0.3) is 0 Å². The van der Waals surface area contributed by atoms with Crippen LogP contribution in [0.25, 0.3) is 11.0 Å². The molecule has 1 amide bonds. The van der Waals surface area contributed by atoms with Crippen LogP contribution in [-0.4, -0.2) is 31.8 Å². The van der Waals surface area contributed by atoms with Crippen LogP contribution in [0.15, 0.2) is 29.4 Å². The van der Waals surface area contributed by atoms with Crippen LogP contribution in [0.2, 0.25) is 0 Å². The number of aromatic nitrogens is 4. The summed E-state index contributed by atoms with van der Waals surface area (Å²) in [6.45, 7) is 1.84. The Balaban J connectivity index is 1.59. The van der Waals surface area contributed by atoms with Gasteiger partial charge < -0.3 is 4.98 Å². The SMILES string of the molecule is Cc1nnc(NC(=O)CSc2nc3ccccc3[nH]2)s1. The summed E-state index contributed by atoms with van der Waals surface area (Å²) in [4.78, 5) is 19.3. The molecule has 0 bridgehead atoms. The first-order valence-electron chi connectivity index (χ1n) is 5.88. The molecule has 3 aromatic rings. The lowest BCUT2D eigenvalue weighted by atomic mass is 10.3. The first-order valence-corrected chi connectivity index (χ1v) is 7.68. The summed E-state index contributed by atoms with van der Waals surface area (Å²) in [5.74, 6) is 0.157. The van der Waals surface area contributed by atoms with E-state index in [1.165, 1.54) is 23.1 Å². The number of amides is 1. The van der Waals surface area contributed by atoms with Gasteiger partial charge in [0.15, 0.2) is 5.16 Å². The third-order valence-corrected chi connectivity index (χ3v) is 4.11. The molecule has 0 radical (unpaired) electrons. The Hall–Kier alpha value is -1.93. The van der Waals surface area contributed by atoms with Gasteiger partial charge in [-0.25, -0.2) is 4.98 Å². The van der Waals surface area contributed by atoms with Crippen molar-refractivity contribution >= 4 is 45.2 Å². The maximum atomic E-state index is 11.8. The third-order valence-electron chi connectivity index (χ3n) is 2.48. The number of hydrogen-bond acceptors (Lipinski definition) is 6. The van der Waals surface area contributed by atoms with E-state index in [2.05, 4.69) is 25.5 Å². The Morgan fingerprint density at radius 3 is 3.00 bits per heavy atom. The molecule has 0 aliphatic carbocycles. The lowest BCUT2D eigenvalue weighted by Crippen LogP contribution is -2.13. The van der Waals surface area contributed by atoms with E-state index in [9.17, 15) is 4.79 Å². The lowest BCUT2D eigenvalue weighted by Gasteiger charge is -1.98. The quantitative estimate of drug-likeness (QED) is 0.723. The van der Waals surface area contributed by atoms with E-state index in [1.807, 2.05) is 31.2 Å². The van der Waals surface area contributed by atoms with Gasteiger partial charge in [-0.3, -0.25) is 10.1 Å². The molecule has 0 aliphatic heterocycles. The van der Waals surface area contributed by atoms with Crippen molar-refractivity contribution in [2.75, 3.05) is 11.1 Å². The molecule has 6 nitrogen and oxygen atoms in total. The second-order valence-corrected chi connectivity index (χ2v) is 6.17. The van der Waals surface area contributed by atoms with Crippen LogP contribution in [0.3, 0.4) is 0 Å². The van der Waals surface area contributed by atoms with Gasteiger partial charge in [0.1, 0.15) is 5.01 Å². The predicted molar refractivity (Wildman–Crippen MR) is 80.1 cm³/mol. The smallest absolute Gasteiger partial charge is 0.236 e. The minimum atomic E-state index is -0.119. The fraction of sp³-hybridized carbons (Fsp3) is 0.167. The molecule has 2 aromatic heterocycles. The minimum absolute atomic E-state index is 0.119. The first kappa shape index (κ1) is 13.1. The highest BCUT2D eigenvalue weighted by Crippen LogP contribution is 2.20. The van der Waals surface area contributed by atoms with Gasteiger partial charge in [0, 0.05) is 0 Å². The number of thioether (sulfide) groups is 1. The molecule has 0 fully saturated rings. The minimum Gasteiger partial charge on any atom is -0.333 e. The summed E-state index contributed by atoms with van der Waals surface area (Å²) in [5, 5.41) is 12.5. The molecular weight excluding hydrogens is 294 g/mol. The van der Waals surface area contributed by atoms with Gasteiger partial charge in [-0.15, -0.1) is 10.2 Å². The van der Waals surface area contributed by atoms with Crippen LogP contribution in [0.4, 0.5) is 5.13 Å². The van der Waals surface area contributed by atoms with E-state index in [0.29, 0.717) is 5.13 Å². The molecule has 1 aromatic carbocycles. The number of hydrogen-bond donors (Lipinski definition) is 2. The van der Waals surface area contributed by atoms with Crippen molar-refractivity contribution in [1.29, 1.82) is 0 Å². The van der Waals surface area contributed by atoms with E-state index < -0.39 is 0 Å². The fourth-order valence-corrected chi connectivity index (χ4v) is 2.93. The average Bonchev–Trinajstić information content (AvgIpc) is 3.02. The molecule has 0 saturated heterocycles. The number of fused-ring (bicyclic) bond motifs is 1. The van der Waals surface area contributed by atoms with E-state index in [1.54, 1.807) is 0 Å². The van der Waals surface area contributed by atoms with Gasteiger partial charge >= 0.3 is 0 Å². The zero-order valence-electron chi connectivity index (χ0n) is 10.6. The van der Waals surface area contributed by atoms with Crippen molar-refractivity contribution in [3.05, 3.63) is 29.3 Å². The van der Waals surface area contributed by atoms with Gasteiger partial charge in [0.2, 0.25) is 11.0 Å². The van der Waals surface area contributed by atoms with Gasteiger partial charge in [-0.05, 0) is 19.1 Å². The summed E-state index contributed by atoms with van der Waals surface area (Å²) in [6.07, 6.45) is 0. The number of aryl methyl sites for hydroxylation is 1. The summed E-state index contributed by atoms with van der Waals surface area (Å²) in [5.41, 5.74) is 1.87. The molecule has 0 unspecified atom stereocenters. The van der Waals surface area contributed by atoms with Crippen molar-refractivity contribution in [2.24, 2.45) is 0 Å². The van der Waals surface area contributed by atoms with Crippen molar-refractivity contribution in [2.45, 2.75) is 12.1 Å². The number of benzene rings is 1. The van der Waals surface area contributed by atoms with E-state index >= 15 is 0 Å². The van der Waals surface area contributed by atoms with Crippen LogP contribution < -0.4 is 5.32 Å². The average molecular weight is 305 g/mol. The topological polar surface area (TPSA) is 83.6 Å². The number of nitrogens with one attached hydrogen (secondary N) is 2. The standard InChI is InChI=1S/C12H11N5OS2/c1-7-16-17-12(20-7)15-10(18)6-19-11-13-8-4-2-3-5-9(8)14-11/h2-5H,6H2,1H3,(H,13,14)(H,15,17,18). The number of carbonyl (C=O) groups excluding carboxylic acids is 1. The number of rotatable bonds is 4. The van der Waals surface area contributed by atoms with Crippen LogP contribution in [-0.2, 0) is 4.79 Å². The number of aromatic amines is 1. The first-order chi connectivity index (χ1) is 9.70. The van der Waals surface area contributed by atoms with E-state index in [-0.39, 0.29) is 11.7 Å². The molecule has 0 atom stereocenters. The second-order valence-electron chi connectivity index (χ2n) is 4.02. The summed E-state index contributed by atoms with van der Waals surface area (Å²) >= 11 is 2.71. The normalized spacial score (nSPS) is 10.8. The van der Waals surface area contributed by atoms with Gasteiger partial charge in [0.05, 0.1) is 16.8 Å². The Morgan fingerprint density at radius 1 is 1.40 bits per heavy atom. The van der Waals surface area contributed by atoms with Crippen LogP contribution >= 0.6 is 23.1 Å². The van der Waals surface area contributed by atoms with Crippen LogP contribution in [0.5, 0.6) is 0 Å². The number of carbonyl (C=O) groups is 1. The second kappa shape index (κ2) is 5.59.